The van der Waals surface area contributed by atoms with Crippen LogP contribution in [0.3, 0.4) is 0 Å². The number of hydrogen-bond acceptors (Lipinski definition) is 14. The predicted octanol–water partition coefficient (Wildman–Crippen LogP) is 7.31. The molecule has 0 saturated carbocycles. The molecular formula is C51H66N4O10S. The molecule has 0 spiro atoms. The average molecular weight is 927 g/mol. The van der Waals surface area contributed by atoms with Crippen molar-refractivity contribution < 1.29 is 47.9 Å². The molecule has 0 aliphatic carbocycles. The van der Waals surface area contributed by atoms with Crippen LogP contribution in [-0.4, -0.2) is 132 Å². The zero-order chi connectivity index (χ0) is 47.7. The summed E-state index contributed by atoms with van der Waals surface area (Å²) < 4.78 is 38.4. The van der Waals surface area contributed by atoms with Crippen LogP contribution in [0.1, 0.15) is 84.4 Å². The van der Waals surface area contributed by atoms with Gasteiger partial charge >= 0.3 is 12.1 Å². The van der Waals surface area contributed by atoms with Crippen LogP contribution in [0.4, 0.5) is 4.79 Å². The summed E-state index contributed by atoms with van der Waals surface area (Å²) >= 11 is 1.46. The number of cyclic esters (lactones) is 1. The molecule has 356 valence electrons. The van der Waals surface area contributed by atoms with Crippen molar-refractivity contribution in [2.75, 3.05) is 33.8 Å². The van der Waals surface area contributed by atoms with Gasteiger partial charge < -0.3 is 38.4 Å². The number of esters is 1. The van der Waals surface area contributed by atoms with Gasteiger partial charge in [0, 0.05) is 40.4 Å². The Morgan fingerprint density at radius 3 is 2.52 bits per heavy atom. The minimum absolute atomic E-state index is 0.0589. The molecule has 4 aliphatic heterocycles. The highest BCUT2D eigenvalue weighted by molar-refractivity contribution is 7.12. The largest absolute Gasteiger partial charge is 0.458 e. The number of benzene rings is 2. The van der Waals surface area contributed by atoms with Crippen LogP contribution in [0.5, 0.6) is 5.75 Å². The van der Waals surface area contributed by atoms with Gasteiger partial charge in [-0.25, -0.2) is 4.79 Å². The molecule has 5 heterocycles. The molecule has 13 atom stereocenters. The Hall–Kier alpha value is -4.69. The maximum atomic E-state index is 14.7. The van der Waals surface area contributed by atoms with Crippen molar-refractivity contribution in [1.82, 2.24) is 9.80 Å². The fourth-order valence-electron chi connectivity index (χ4n) is 10.7. The molecule has 2 N–H and O–H groups in total. The molecular weight excluding hydrogens is 861 g/mol. The standard InChI is InChI=1S/C51H66N4O10S/c1-11-40-51(8)45-31(4)42(53-23-24-55(45)49(59)65-51)29(2)28-50(7,46(32(5)43(56)33(6)47(58)63-40)64-48-44(57)38(54(9)10)26-30(3)61-48)60-25-15-18-35-21-22-36(66-35)27-41(52)62-39-20-14-17-34-16-12-13-19-37(34)39/h12-14,16-17,19-22,29-33,38,40,44-46,48,52,57H,11,23-28H2,1-10H3/t29-,30-,31-,32+,33-,38+,40+,44-,45-,46-,48+,50+,51-/m1/s1. The van der Waals surface area contributed by atoms with Crippen LogP contribution in [0.25, 0.3) is 10.8 Å². The lowest BCUT2D eigenvalue weighted by Crippen LogP contribution is -2.60. The van der Waals surface area contributed by atoms with E-state index in [-0.39, 0.29) is 36.5 Å². The highest BCUT2D eigenvalue weighted by Gasteiger charge is 2.60. The van der Waals surface area contributed by atoms with Gasteiger partial charge in [0.2, 0.25) is 0 Å². The second-order valence-corrected chi connectivity index (χ2v) is 20.3. The van der Waals surface area contributed by atoms with E-state index in [9.17, 15) is 19.5 Å². The Morgan fingerprint density at radius 2 is 1.77 bits per heavy atom. The number of aliphatic hydroxyl groups excluding tert-OH is 1. The number of fused-ring (bicyclic) bond motifs is 2. The van der Waals surface area contributed by atoms with Crippen molar-refractivity contribution in [1.29, 1.82) is 5.41 Å². The first-order chi connectivity index (χ1) is 31.3. The topological polar surface area (TPSA) is 170 Å². The van der Waals surface area contributed by atoms with E-state index < -0.39 is 71.5 Å². The lowest BCUT2D eigenvalue weighted by molar-refractivity contribution is -0.296. The highest BCUT2D eigenvalue weighted by atomic mass is 32.1. The van der Waals surface area contributed by atoms with E-state index in [1.54, 1.807) is 11.8 Å². The smallest absolute Gasteiger partial charge is 0.410 e. The van der Waals surface area contributed by atoms with Crippen molar-refractivity contribution in [2.45, 2.75) is 135 Å². The Labute approximate surface area is 392 Å². The molecule has 1 aromatic heterocycles. The number of aliphatic hydroxyl groups is 1. The number of carbonyl (C=O) groups excluding carboxylic acids is 3. The third-order valence-electron chi connectivity index (χ3n) is 14.0. The van der Waals surface area contributed by atoms with Crippen molar-refractivity contribution in [3.8, 4) is 17.6 Å². The van der Waals surface area contributed by atoms with E-state index in [0.717, 1.165) is 26.2 Å². The van der Waals surface area contributed by atoms with Crippen molar-refractivity contribution in [3.05, 3.63) is 64.4 Å². The minimum atomic E-state index is -1.28. The van der Waals surface area contributed by atoms with Crippen molar-refractivity contribution >= 4 is 51.6 Å². The van der Waals surface area contributed by atoms with E-state index in [1.165, 1.54) is 18.3 Å². The summed E-state index contributed by atoms with van der Waals surface area (Å²) in [6.07, 6.45) is -3.34. The summed E-state index contributed by atoms with van der Waals surface area (Å²) in [7, 11) is 3.79. The zero-order valence-electron chi connectivity index (χ0n) is 39.9. The van der Waals surface area contributed by atoms with Crippen LogP contribution < -0.4 is 4.74 Å². The lowest BCUT2D eigenvalue weighted by Gasteiger charge is -2.47. The van der Waals surface area contributed by atoms with E-state index >= 15 is 0 Å². The number of carbonyl (C=O) groups is 3. The Balaban J connectivity index is 1.20. The fourth-order valence-corrected chi connectivity index (χ4v) is 11.6. The van der Waals surface area contributed by atoms with Crippen molar-refractivity contribution in [3.63, 3.8) is 0 Å². The number of ether oxygens (including phenoxy) is 6. The highest BCUT2D eigenvalue weighted by Crippen LogP contribution is 2.44. The number of nitrogens with one attached hydrogen (secondary N) is 1. The number of amides is 1. The average Bonchev–Trinajstić information content (AvgIpc) is 3.77. The summed E-state index contributed by atoms with van der Waals surface area (Å²) in [5.74, 6) is 3.22. The monoisotopic (exact) mass is 926 g/mol. The Morgan fingerprint density at radius 1 is 1.03 bits per heavy atom. The van der Waals surface area contributed by atoms with Gasteiger partial charge in [0.15, 0.2) is 23.6 Å². The van der Waals surface area contributed by atoms with Gasteiger partial charge in [0.25, 0.3) is 0 Å². The number of hydrogen-bond donors (Lipinski definition) is 2. The number of likely N-dealkylation sites (N-methyl/N-ethyl adjacent to an activating group) is 1. The van der Waals surface area contributed by atoms with Gasteiger partial charge in [-0.3, -0.25) is 24.9 Å². The van der Waals surface area contributed by atoms with Gasteiger partial charge in [-0.05, 0) is 90.6 Å². The quantitative estimate of drug-likeness (QED) is 0.0726. The number of rotatable bonds is 9. The fraction of sp³-hybridized carbons (Fsp3) is 0.588. The van der Waals surface area contributed by atoms with E-state index in [0.29, 0.717) is 44.5 Å². The van der Waals surface area contributed by atoms with E-state index in [4.69, 9.17) is 38.8 Å². The third-order valence-corrected chi connectivity index (χ3v) is 15.0. The summed E-state index contributed by atoms with van der Waals surface area (Å²) in [6, 6.07) is 16.7. The molecule has 2 bridgehead atoms. The summed E-state index contributed by atoms with van der Waals surface area (Å²) in [5.41, 5.74) is -1.66. The van der Waals surface area contributed by atoms with Gasteiger partial charge in [-0.15, -0.1) is 11.3 Å². The van der Waals surface area contributed by atoms with Crippen LogP contribution in [0.15, 0.2) is 59.6 Å². The molecule has 66 heavy (non-hydrogen) atoms. The van der Waals surface area contributed by atoms with Gasteiger partial charge in [0.1, 0.15) is 30.5 Å². The normalized spacial score (nSPS) is 34.1. The number of Topliss-reactive ketones (excluding diaryl/α,β-unsaturated/α-hetero) is 1. The molecule has 15 heteroatoms. The SMILES string of the molecule is CC[C@@H]1OC(=O)[C@H](C)C(=O)[C@H](C)[C@@H](O[C@@H]2O[C@H](C)C[C@H](N(C)C)[C@H]2O)[C@@](C)(OCC#Cc2ccc(CC(=N)Oc3cccc4ccccc34)s2)C[C@@H](C)C2=NCCN3C(=O)O[C@@]1(C)[C@H]3[C@@H]2C. The number of thiophene rings is 1. The first-order valence-electron chi connectivity index (χ1n) is 23.2. The second kappa shape index (κ2) is 20.3. The zero-order valence-corrected chi connectivity index (χ0v) is 40.7. The van der Waals surface area contributed by atoms with Crippen LogP contribution in [-0.2, 0) is 39.7 Å². The maximum Gasteiger partial charge on any atom is 0.410 e. The van der Waals surface area contributed by atoms with Gasteiger partial charge in [0.05, 0.1) is 41.7 Å². The summed E-state index contributed by atoms with van der Waals surface area (Å²) in [6.45, 7) is 15.5. The first kappa shape index (κ1) is 49.2. The number of ketones is 1. The van der Waals surface area contributed by atoms with E-state index in [2.05, 4.69) is 18.8 Å². The molecule has 14 nitrogen and oxygen atoms in total. The lowest BCUT2D eigenvalue weighted by atomic mass is 9.73. The number of nitrogens with zero attached hydrogens (tertiary/aromatic N) is 3. The molecule has 7 rings (SSSR count). The molecule has 3 fully saturated rings. The number of aliphatic imine (C=N–C) groups is 1. The molecule has 3 saturated heterocycles. The third kappa shape index (κ3) is 10.1. The molecule has 2 aromatic carbocycles. The summed E-state index contributed by atoms with van der Waals surface area (Å²) in [5, 5.41) is 22.4. The molecule has 4 aliphatic rings. The van der Waals surface area contributed by atoms with Gasteiger partial charge in [-0.1, -0.05) is 75.9 Å². The van der Waals surface area contributed by atoms with Gasteiger partial charge in [-0.2, -0.15) is 0 Å². The molecule has 0 radical (unpaired) electrons. The van der Waals surface area contributed by atoms with Crippen LogP contribution >= 0.6 is 11.3 Å². The van der Waals surface area contributed by atoms with E-state index in [1.807, 2.05) is 108 Å². The van der Waals surface area contributed by atoms with Crippen LogP contribution in [0.2, 0.25) is 0 Å². The summed E-state index contributed by atoms with van der Waals surface area (Å²) in [4.78, 5) is 52.7. The molecule has 1 amide bonds. The Bertz CT molecular complexity index is 2370. The molecule has 3 aromatic rings. The minimum Gasteiger partial charge on any atom is -0.458 e. The van der Waals surface area contributed by atoms with Crippen molar-refractivity contribution in [2.24, 2.45) is 28.7 Å². The Kier molecular flexibility index (Phi) is 15.1. The maximum absolute atomic E-state index is 14.7. The predicted molar refractivity (Wildman–Crippen MR) is 253 cm³/mol. The second-order valence-electron chi connectivity index (χ2n) is 19.1. The molecule has 0 unspecified atom stereocenters. The first-order valence-corrected chi connectivity index (χ1v) is 24.0. The van der Waals surface area contributed by atoms with Crippen LogP contribution in [0, 0.1) is 40.9 Å².